The zero-order valence-electron chi connectivity index (χ0n) is 14.8. The monoisotopic (exact) mass is 338 g/mol. The Labute approximate surface area is 144 Å². The predicted octanol–water partition coefficient (Wildman–Crippen LogP) is 3.05. The molecule has 8 atom stereocenters. The molecule has 0 aromatic carbocycles. The second-order valence-corrected chi connectivity index (χ2v) is 7.81. The van der Waals surface area contributed by atoms with E-state index in [4.69, 9.17) is 18.9 Å². The minimum Gasteiger partial charge on any atom is -0.436 e. The highest BCUT2D eigenvalue weighted by atomic mass is 16.7. The first kappa shape index (κ1) is 16.8. The lowest BCUT2D eigenvalue weighted by atomic mass is 9.70. The fraction of sp³-hybridized carbons (Fsp3) is 0.947. The highest BCUT2D eigenvalue weighted by molar-refractivity contribution is 5.70. The maximum atomic E-state index is 12.3. The van der Waals surface area contributed by atoms with Crippen LogP contribution in [0.15, 0.2) is 0 Å². The second kappa shape index (κ2) is 6.93. The van der Waals surface area contributed by atoms with Gasteiger partial charge in [0, 0.05) is 18.3 Å². The molecule has 5 heteroatoms. The van der Waals surface area contributed by atoms with Gasteiger partial charge in [0.05, 0.1) is 37.4 Å². The fourth-order valence-corrected chi connectivity index (χ4v) is 5.42. The molecular weight excluding hydrogens is 308 g/mol. The summed E-state index contributed by atoms with van der Waals surface area (Å²) in [6.45, 7) is 5.09. The molecule has 0 amide bonds. The summed E-state index contributed by atoms with van der Waals surface area (Å²) in [6, 6.07) is 0. The van der Waals surface area contributed by atoms with E-state index in [1.54, 1.807) is 0 Å². The molecule has 4 saturated heterocycles. The van der Waals surface area contributed by atoms with E-state index in [1.165, 1.54) is 0 Å². The van der Waals surface area contributed by atoms with Gasteiger partial charge in [-0.15, -0.1) is 0 Å². The highest BCUT2D eigenvalue weighted by Crippen LogP contribution is 2.55. The molecule has 4 heterocycles. The van der Waals surface area contributed by atoms with Crippen LogP contribution >= 0.6 is 0 Å². The fourth-order valence-electron chi connectivity index (χ4n) is 5.42. The smallest absolute Gasteiger partial charge is 0.308 e. The first-order valence-corrected chi connectivity index (χ1v) is 9.83. The molecule has 0 radical (unpaired) electrons. The van der Waals surface area contributed by atoms with Gasteiger partial charge in [0.2, 0.25) is 6.29 Å². The molecule has 8 unspecified atom stereocenters. The van der Waals surface area contributed by atoms with Crippen molar-refractivity contribution in [3.63, 3.8) is 0 Å². The number of hydrogen-bond donors (Lipinski definition) is 0. The minimum absolute atomic E-state index is 0.126. The zero-order valence-corrected chi connectivity index (χ0v) is 14.8. The molecule has 4 aliphatic heterocycles. The maximum absolute atomic E-state index is 12.3. The molecule has 4 rings (SSSR count). The van der Waals surface area contributed by atoms with E-state index >= 15 is 0 Å². The standard InChI is InChI=1S/C19H30O5/c1-3-12-17-14-9-11(19(23-14)18(17)13(4-2)22-12)10-15(20)24-16-7-5-6-8-21-16/h11-14,16-19H,3-10H2,1-2H3. The van der Waals surface area contributed by atoms with Crippen LogP contribution in [0, 0.1) is 17.8 Å². The van der Waals surface area contributed by atoms with Crippen molar-refractivity contribution in [3.8, 4) is 0 Å². The summed E-state index contributed by atoms with van der Waals surface area (Å²) in [7, 11) is 0. The number of carbonyl (C=O) groups excluding carboxylic acids is 1. The molecule has 0 saturated carbocycles. The molecular formula is C19H30O5. The van der Waals surface area contributed by atoms with E-state index in [1.807, 2.05) is 0 Å². The van der Waals surface area contributed by atoms with Crippen LogP contribution in [0.1, 0.15) is 58.8 Å². The molecule has 0 aliphatic carbocycles. The topological polar surface area (TPSA) is 54.0 Å². The van der Waals surface area contributed by atoms with Crippen molar-refractivity contribution < 1.29 is 23.7 Å². The van der Waals surface area contributed by atoms with Crippen LogP contribution in [0.25, 0.3) is 0 Å². The van der Waals surface area contributed by atoms with Gasteiger partial charge in [0.25, 0.3) is 0 Å². The van der Waals surface area contributed by atoms with Crippen molar-refractivity contribution in [2.75, 3.05) is 6.61 Å². The summed E-state index contributed by atoms with van der Waals surface area (Å²) < 4.78 is 23.6. The maximum Gasteiger partial charge on any atom is 0.308 e. The number of ether oxygens (including phenoxy) is 4. The average molecular weight is 338 g/mol. The normalized spacial score (nSPS) is 46.9. The molecule has 5 nitrogen and oxygen atoms in total. The molecule has 0 spiro atoms. The Morgan fingerprint density at radius 1 is 1.08 bits per heavy atom. The Balaban J connectivity index is 1.36. The van der Waals surface area contributed by atoms with Gasteiger partial charge in [-0.2, -0.15) is 0 Å². The molecule has 2 bridgehead atoms. The molecule has 0 aromatic heterocycles. The van der Waals surface area contributed by atoms with Crippen LogP contribution in [0.2, 0.25) is 0 Å². The van der Waals surface area contributed by atoms with E-state index in [0.29, 0.717) is 31.0 Å². The summed E-state index contributed by atoms with van der Waals surface area (Å²) in [5, 5.41) is 0. The minimum atomic E-state index is -0.332. The first-order chi connectivity index (χ1) is 11.7. The predicted molar refractivity (Wildman–Crippen MR) is 87.3 cm³/mol. The van der Waals surface area contributed by atoms with Gasteiger partial charge >= 0.3 is 5.97 Å². The van der Waals surface area contributed by atoms with Gasteiger partial charge in [0.1, 0.15) is 0 Å². The van der Waals surface area contributed by atoms with Gasteiger partial charge < -0.3 is 18.9 Å². The van der Waals surface area contributed by atoms with Crippen LogP contribution < -0.4 is 0 Å². The lowest BCUT2D eigenvalue weighted by molar-refractivity contribution is -0.188. The number of fused-ring (bicyclic) bond motifs is 5. The van der Waals surface area contributed by atoms with Crippen molar-refractivity contribution in [2.45, 2.75) is 89.5 Å². The third-order valence-electron chi connectivity index (χ3n) is 6.43. The van der Waals surface area contributed by atoms with Crippen LogP contribution in [-0.4, -0.2) is 43.3 Å². The van der Waals surface area contributed by atoms with Gasteiger partial charge in [-0.3, -0.25) is 4.79 Å². The number of rotatable bonds is 5. The molecule has 4 aliphatic rings. The van der Waals surface area contributed by atoms with E-state index in [9.17, 15) is 4.79 Å². The number of carbonyl (C=O) groups is 1. The third kappa shape index (κ3) is 2.89. The SMILES string of the molecule is CCC1OC(CC)C2C3OC(CC3CC(=O)OC3CCCCO3)C12. The van der Waals surface area contributed by atoms with Crippen molar-refractivity contribution in [1.82, 2.24) is 0 Å². The van der Waals surface area contributed by atoms with E-state index < -0.39 is 0 Å². The highest BCUT2D eigenvalue weighted by Gasteiger charge is 2.62. The Morgan fingerprint density at radius 2 is 1.88 bits per heavy atom. The Bertz CT molecular complexity index is 461. The van der Waals surface area contributed by atoms with Gasteiger partial charge in [-0.05, 0) is 38.0 Å². The zero-order chi connectivity index (χ0) is 16.7. The quantitative estimate of drug-likeness (QED) is 0.721. The van der Waals surface area contributed by atoms with Crippen molar-refractivity contribution in [1.29, 1.82) is 0 Å². The molecule has 24 heavy (non-hydrogen) atoms. The van der Waals surface area contributed by atoms with Gasteiger partial charge in [-0.1, -0.05) is 13.8 Å². The lowest BCUT2D eigenvalue weighted by Crippen LogP contribution is -2.38. The third-order valence-corrected chi connectivity index (χ3v) is 6.43. The lowest BCUT2D eigenvalue weighted by Gasteiger charge is -2.30. The average Bonchev–Trinajstić information content (AvgIpc) is 3.25. The van der Waals surface area contributed by atoms with Crippen molar-refractivity contribution in [3.05, 3.63) is 0 Å². The largest absolute Gasteiger partial charge is 0.436 e. The van der Waals surface area contributed by atoms with E-state index in [2.05, 4.69) is 13.8 Å². The summed E-state index contributed by atoms with van der Waals surface area (Å²) in [5.74, 6) is 1.14. The summed E-state index contributed by atoms with van der Waals surface area (Å²) >= 11 is 0. The number of esters is 1. The molecule has 0 N–H and O–H groups in total. The molecule has 136 valence electrons. The van der Waals surface area contributed by atoms with Crippen LogP contribution in [0.5, 0.6) is 0 Å². The van der Waals surface area contributed by atoms with Gasteiger partial charge in [0.15, 0.2) is 0 Å². The van der Waals surface area contributed by atoms with Crippen LogP contribution in [-0.2, 0) is 23.7 Å². The van der Waals surface area contributed by atoms with Crippen molar-refractivity contribution in [2.24, 2.45) is 17.8 Å². The Hall–Kier alpha value is -0.650. The number of hydrogen-bond acceptors (Lipinski definition) is 5. The Kier molecular flexibility index (Phi) is 4.85. The van der Waals surface area contributed by atoms with Gasteiger partial charge in [-0.25, -0.2) is 0 Å². The summed E-state index contributed by atoms with van der Waals surface area (Å²) in [6.07, 6.45) is 7.20. The molecule has 0 aromatic rings. The Morgan fingerprint density at radius 3 is 2.58 bits per heavy atom. The summed E-state index contributed by atoms with van der Waals surface area (Å²) in [5.41, 5.74) is 0. The van der Waals surface area contributed by atoms with E-state index in [-0.39, 0.29) is 36.5 Å². The van der Waals surface area contributed by atoms with Crippen LogP contribution in [0.4, 0.5) is 0 Å². The molecule has 4 fully saturated rings. The van der Waals surface area contributed by atoms with Crippen LogP contribution in [0.3, 0.4) is 0 Å². The second-order valence-electron chi connectivity index (χ2n) is 7.81. The first-order valence-electron chi connectivity index (χ1n) is 9.83. The summed E-state index contributed by atoms with van der Waals surface area (Å²) in [4.78, 5) is 12.3. The van der Waals surface area contributed by atoms with Crippen molar-refractivity contribution >= 4 is 5.97 Å². The van der Waals surface area contributed by atoms with E-state index in [0.717, 1.165) is 38.5 Å².